The molecule has 0 bridgehead atoms. The van der Waals surface area contributed by atoms with E-state index in [0.29, 0.717) is 6.42 Å². The molecule has 0 fully saturated rings. The Bertz CT molecular complexity index is 812. The number of fused-ring (bicyclic) bond motifs is 1. The van der Waals surface area contributed by atoms with Gasteiger partial charge in [0, 0.05) is 50.6 Å². The van der Waals surface area contributed by atoms with E-state index in [1.54, 1.807) is 0 Å². The van der Waals surface area contributed by atoms with Crippen LogP contribution >= 0.6 is 0 Å². The summed E-state index contributed by atoms with van der Waals surface area (Å²) < 4.78 is 2.02. The number of aromatic nitrogens is 1. The third-order valence-electron chi connectivity index (χ3n) is 4.46. The molecule has 2 N–H and O–H groups in total. The predicted octanol–water partition coefficient (Wildman–Crippen LogP) is 1.55. The van der Waals surface area contributed by atoms with Crippen LogP contribution < -0.4 is 5.32 Å². The maximum atomic E-state index is 12.6. The molecule has 0 aliphatic rings. The number of aliphatic carboxylic acids is 1. The van der Waals surface area contributed by atoms with Gasteiger partial charge in [-0.05, 0) is 25.0 Å². The molecule has 0 saturated heterocycles. The third-order valence-corrected chi connectivity index (χ3v) is 4.46. The molecule has 0 aliphatic carbocycles. The number of carboxylic acids is 1. The molecule has 0 saturated carbocycles. The number of carbonyl (C=O) groups is 3. The van der Waals surface area contributed by atoms with Crippen molar-refractivity contribution in [2.75, 3.05) is 13.1 Å². The lowest BCUT2D eigenvalue weighted by Crippen LogP contribution is -2.46. The second kappa shape index (κ2) is 8.51. The molecule has 26 heavy (non-hydrogen) atoms. The van der Waals surface area contributed by atoms with Gasteiger partial charge in [-0.3, -0.25) is 9.59 Å². The monoisotopic (exact) mass is 359 g/mol. The molecule has 1 atom stereocenters. The minimum absolute atomic E-state index is 0.168. The molecule has 140 valence electrons. The molecule has 1 unspecified atom stereocenters. The molecular formula is C19H25N3O4. The maximum Gasteiger partial charge on any atom is 0.326 e. The Morgan fingerprint density at radius 1 is 1.27 bits per heavy atom. The molecule has 0 radical (unpaired) electrons. The Labute approximate surface area is 152 Å². The van der Waals surface area contributed by atoms with Gasteiger partial charge >= 0.3 is 5.97 Å². The van der Waals surface area contributed by atoms with Gasteiger partial charge in [0.05, 0.1) is 0 Å². The summed E-state index contributed by atoms with van der Waals surface area (Å²) in [5, 5.41) is 12.9. The highest BCUT2D eigenvalue weighted by atomic mass is 16.4. The summed E-state index contributed by atoms with van der Waals surface area (Å²) in [5.74, 6) is -1.51. The Morgan fingerprint density at radius 2 is 1.96 bits per heavy atom. The van der Waals surface area contributed by atoms with Gasteiger partial charge in [-0.1, -0.05) is 18.2 Å². The van der Waals surface area contributed by atoms with Crippen LogP contribution in [-0.2, 0) is 27.9 Å². The van der Waals surface area contributed by atoms with Gasteiger partial charge in [-0.15, -0.1) is 0 Å². The fourth-order valence-corrected chi connectivity index (χ4v) is 3.03. The highest BCUT2D eigenvalue weighted by molar-refractivity contribution is 5.86. The van der Waals surface area contributed by atoms with Crippen LogP contribution in [0.2, 0.25) is 0 Å². The van der Waals surface area contributed by atoms with Gasteiger partial charge in [-0.2, -0.15) is 0 Å². The van der Waals surface area contributed by atoms with E-state index in [9.17, 15) is 19.5 Å². The second-order valence-electron chi connectivity index (χ2n) is 6.37. The molecule has 2 amide bonds. The Hall–Kier alpha value is -2.83. The van der Waals surface area contributed by atoms with Crippen LogP contribution in [0.15, 0.2) is 30.5 Å². The van der Waals surface area contributed by atoms with E-state index in [4.69, 9.17) is 0 Å². The number of nitrogens with one attached hydrogen (secondary N) is 1. The molecule has 1 aromatic heterocycles. The molecular weight excluding hydrogens is 334 g/mol. The van der Waals surface area contributed by atoms with E-state index in [0.717, 1.165) is 16.5 Å². The number of para-hydroxylation sites is 1. The standard InChI is InChI=1S/C19H25N3O4/c1-13(19(25)26)22(11-10-20-14(2)23)18(24)9-8-15-12-21(3)17-7-5-4-6-16(15)17/h4-7,12-13H,8-11H2,1-3H3,(H,20,23)(H,25,26). The average molecular weight is 359 g/mol. The van der Waals surface area contributed by atoms with E-state index in [1.807, 2.05) is 42.1 Å². The number of hydrogen-bond donors (Lipinski definition) is 2. The van der Waals surface area contributed by atoms with Crippen molar-refractivity contribution in [3.05, 3.63) is 36.0 Å². The summed E-state index contributed by atoms with van der Waals surface area (Å²) in [6, 6.07) is 7.02. The van der Waals surface area contributed by atoms with Crippen LogP contribution in [0.4, 0.5) is 0 Å². The molecule has 2 rings (SSSR count). The fraction of sp³-hybridized carbons (Fsp3) is 0.421. The SMILES string of the molecule is CC(=O)NCCN(C(=O)CCc1cn(C)c2ccccc12)C(C)C(=O)O. The first-order chi connectivity index (χ1) is 12.3. The maximum absolute atomic E-state index is 12.6. The molecule has 7 nitrogen and oxygen atoms in total. The lowest BCUT2D eigenvalue weighted by Gasteiger charge is -2.26. The average Bonchev–Trinajstić information content (AvgIpc) is 2.92. The number of carbonyl (C=O) groups excluding carboxylic acids is 2. The topological polar surface area (TPSA) is 91.6 Å². The van der Waals surface area contributed by atoms with Crippen molar-refractivity contribution >= 4 is 28.7 Å². The van der Waals surface area contributed by atoms with Crippen molar-refractivity contribution in [2.45, 2.75) is 32.7 Å². The van der Waals surface area contributed by atoms with E-state index in [1.165, 1.54) is 18.7 Å². The summed E-state index contributed by atoms with van der Waals surface area (Å²) in [6.07, 6.45) is 2.75. The zero-order chi connectivity index (χ0) is 19.3. The lowest BCUT2D eigenvalue weighted by atomic mass is 10.1. The highest BCUT2D eigenvalue weighted by Gasteiger charge is 2.25. The lowest BCUT2D eigenvalue weighted by molar-refractivity contribution is -0.149. The largest absolute Gasteiger partial charge is 0.480 e. The fourth-order valence-electron chi connectivity index (χ4n) is 3.03. The molecule has 2 aromatic rings. The number of nitrogens with zero attached hydrogens (tertiary/aromatic N) is 2. The van der Waals surface area contributed by atoms with Crippen LogP contribution in [0.5, 0.6) is 0 Å². The van der Waals surface area contributed by atoms with Crippen molar-refractivity contribution in [1.29, 1.82) is 0 Å². The number of rotatable bonds is 8. The Morgan fingerprint density at radius 3 is 2.62 bits per heavy atom. The molecule has 1 heterocycles. The zero-order valence-electron chi connectivity index (χ0n) is 15.4. The molecule has 0 aliphatic heterocycles. The summed E-state index contributed by atoms with van der Waals surface area (Å²) >= 11 is 0. The molecule has 0 spiro atoms. The highest BCUT2D eigenvalue weighted by Crippen LogP contribution is 2.21. The van der Waals surface area contributed by atoms with Crippen molar-refractivity contribution in [3.63, 3.8) is 0 Å². The predicted molar refractivity (Wildman–Crippen MR) is 98.7 cm³/mol. The summed E-state index contributed by atoms with van der Waals surface area (Å²) in [5.41, 5.74) is 2.15. The summed E-state index contributed by atoms with van der Waals surface area (Å²) in [6.45, 7) is 3.26. The van der Waals surface area contributed by atoms with Crippen LogP contribution in [0.3, 0.4) is 0 Å². The Kier molecular flexibility index (Phi) is 6.38. The third kappa shape index (κ3) is 4.62. The van der Waals surface area contributed by atoms with Gasteiger partial charge in [0.15, 0.2) is 0 Å². The molecule has 7 heteroatoms. The summed E-state index contributed by atoms with van der Waals surface area (Å²) in [7, 11) is 1.96. The van der Waals surface area contributed by atoms with E-state index in [2.05, 4.69) is 5.32 Å². The first-order valence-corrected chi connectivity index (χ1v) is 8.61. The quantitative estimate of drug-likeness (QED) is 0.748. The minimum atomic E-state index is -1.06. The smallest absolute Gasteiger partial charge is 0.326 e. The van der Waals surface area contributed by atoms with E-state index >= 15 is 0 Å². The van der Waals surface area contributed by atoms with Gasteiger partial charge in [-0.25, -0.2) is 4.79 Å². The van der Waals surface area contributed by atoms with Gasteiger partial charge in [0.2, 0.25) is 11.8 Å². The normalized spacial score (nSPS) is 12.0. The van der Waals surface area contributed by atoms with Gasteiger partial charge in [0.25, 0.3) is 0 Å². The zero-order valence-corrected chi connectivity index (χ0v) is 15.4. The number of benzene rings is 1. The number of carboxylic acid groups (broad SMARTS) is 1. The van der Waals surface area contributed by atoms with Crippen LogP contribution in [0.1, 0.15) is 25.8 Å². The molecule has 1 aromatic carbocycles. The van der Waals surface area contributed by atoms with Crippen molar-refractivity contribution < 1.29 is 19.5 Å². The van der Waals surface area contributed by atoms with Crippen molar-refractivity contribution in [2.24, 2.45) is 7.05 Å². The Balaban J connectivity index is 2.07. The van der Waals surface area contributed by atoms with E-state index < -0.39 is 12.0 Å². The van der Waals surface area contributed by atoms with Crippen LogP contribution in [0.25, 0.3) is 10.9 Å². The number of aryl methyl sites for hydroxylation is 2. The second-order valence-corrected chi connectivity index (χ2v) is 6.37. The van der Waals surface area contributed by atoms with Gasteiger partial charge < -0.3 is 19.9 Å². The first-order valence-electron chi connectivity index (χ1n) is 8.61. The summed E-state index contributed by atoms with van der Waals surface area (Å²) in [4.78, 5) is 36.2. The van der Waals surface area contributed by atoms with Crippen molar-refractivity contribution in [1.82, 2.24) is 14.8 Å². The number of hydrogen-bond acceptors (Lipinski definition) is 3. The number of amides is 2. The minimum Gasteiger partial charge on any atom is -0.480 e. The van der Waals surface area contributed by atoms with Gasteiger partial charge in [0.1, 0.15) is 6.04 Å². The van der Waals surface area contributed by atoms with Crippen LogP contribution in [-0.4, -0.2) is 51.5 Å². The van der Waals surface area contributed by atoms with Crippen molar-refractivity contribution in [3.8, 4) is 0 Å². The van der Waals surface area contributed by atoms with E-state index in [-0.39, 0.29) is 31.3 Å². The first kappa shape index (κ1) is 19.5. The van der Waals surface area contributed by atoms with Crippen LogP contribution in [0, 0.1) is 0 Å².